The normalized spacial score (nSPS) is 15.5. The molecule has 7 heteroatoms. The summed E-state index contributed by atoms with van der Waals surface area (Å²) in [6.07, 6.45) is 0. The summed E-state index contributed by atoms with van der Waals surface area (Å²) in [5, 5.41) is 6.32. The number of guanidine groups is 1. The quantitative estimate of drug-likeness (QED) is 0.447. The minimum atomic E-state index is -0.207. The first-order chi connectivity index (χ1) is 11.7. The van der Waals surface area contributed by atoms with Crippen molar-refractivity contribution in [1.82, 2.24) is 10.6 Å². The maximum atomic E-state index is 14.4. The zero-order valence-corrected chi connectivity index (χ0v) is 14.5. The number of hydrogen-bond acceptors (Lipinski definition) is 4. The van der Waals surface area contributed by atoms with E-state index >= 15 is 0 Å². The van der Waals surface area contributed by atoms with Crippen molar-refractivity contribution < 1.29 is 13.9 Å². The lowest BCUT2D eigenvalue weighted by Crippen LogP contribution is -2.38. The van der Waals surface area contributed by atoms with Crippen LogP contribution in [0, 0.1) is 5.82 Å². The lowest BCUT2D eigenvalue weighted by molar-refractivity contribution is 0.122. The predicted octanol–water partition coefficient (Wildman–Crippen LogP) is 1.36. The number of methoxy groups -OCH3 is 1. The van der Waals surface area contributed by atoms with Gasteiger partial charge in [0.1, 0.15) is 5.82 Å². The van der Waals surface area contributed by atoms with Gasteiger partial charge in [-0.1, -0.05) is 6.07 Å². The Labute approximate surface area is 143 Å². The van der Waals surface area contributed by atoms with E-state index in [1.165, 1.54) is 0 Å². The van der Waals surface area contributed by atoms with Crippen LogP contribution >= 0.6 is 0 Å². The van der Waals surface area contributed by atoms with Crippen LogP contribution in [0.2, 0.25) is 0 Å². The Hall–Kier alpha value is -1.86. The van der Waals surface area contributed by atoms with E-state index in [1.807, 2.05) is 24.0 Å². The molecule has 24 heavy (non-hydrogen) atoms. The lowest BCUT2D eigenvalue weighted by Gasteiger charge is -2.29. The van der Waals surface area contributed by atoms with Crippen LogP contribution in [0.3, 0.4) is 0 Å². The van der Waals surface area contributed by atoms with Crippen molar-refractivity contribution in [2.24, 2.45) is 4.99 Å². The maximum absolute atomic E-state index is 14.4. The van der Waals surface area contributed by atoms with E-state index in [0.717, 1.165) is 25.2 Å². The summed E-state index contributed by atoms with van der Waals surface area (Å²) >= 11 is 0. The molecule has 1 fully saturated rings. The van der Waals surface area contributed by atoms with Gasteiger partial charge in [0.25, 0.3) is 0 Å². The Morgan fingerprint density at radius 2 is 2.12 bits per heavy atom. The number of rotatable bonds is 7. The molecule has 6 nitrogen and oxygen atoms in total. The Bertz CT molecular complexity index is 533. The van der Waals surface area contributed by atoms with Crippen molar-refractivity contribution in [3.05, 3.63) is 29.6 Å². The largest absolute Gasteiger partial charge is 0.383 e. The van der Waals surface area contributed by atoms with E-state index in [4.69, 9.17) is 9.47 Å². The molecule has 2 rings (SSSR count). The van der Waals surface area contributed by atoms with E-state index in [-0.39, 0.29) is 5.82 Å². The van der Waals surface area contributed by atoms with Gasteiger partial charge in [-0.15, -0.1) is 0 Å². The molecule has 1 aliphatic rings. The first kappa shape index (κ1) is 18.5. The molecular formula is C17H27FN4O2. The van der Waals surface area contributed by atoms with Crippen molar-refractivity contribution in [2.75, 3.05) is 58.0 Å². The molecule has 0 bridgehead atoms. The van der Waals surface area contributed by atoms with Crippen molar-refractivity contribution in [3.8, 4) is 0 Å². The average molecular weight is 338 g/mol. The van der Waals surface area contributed by atoms with E-state index in [0.29, 0.717) is 44.6 Å². The molecular weight excluding hydrogens is 311 g/mol. The third kappa shape index (κ3) is 5.65. The van der Waals surface area contributed by atoms with Crippen molar-refractivity contribution >= 4 is 11.6 Å². The predicted molar refractivity (Wildman–Crippen MR) is 94.1 cm³/mol. The van der Waals surface area contributed by atoms with Crippen LogP contribution in [0.15, 0.2) is 23.2 Å². The van der Waals surface area contributed by atoms with Gasteiger partial charge in [0, 0.05) is 33.3 Å². The smallest absolute Gasteiger partial charge is 0.191 e. The molecule has 0 saturated carbocycles. The van der Waals surface area contributed by atoms with Crippen molar-refractivity contribution in [1.29, 1.82) is 0 Å². The molecule has 0 unspecified atom stereocenters. The zero-order valence-electron chi connectivity index (χ0n) is 14.5. The Balaban J connectivity index is 1.97. The molecule has 0 radical (unpaired) electrons. The number of anilines is 1. The molecule has 134 valence electrons. The number of benzene rings is 1. The Morgan fingerprint density at radius 3 is 2.79 bits per heavy atom. The highest BCUT2D eigenvalue weighted by molar-refractivity contribution is 5.79. The van der Waals surface area contributed by atoms with E-state index in [2.05, 4.69) is 15.6 Å². The van der Waals surface area contributed by atoms with Gasteiger partial charge in [-0.2, -0.15) is 0 Å². The number of ether oxygens (including phenoxy) is 2. The summed E-state index contributed by atoms with van der Waals surface area (Å²) in [5.74, 6) is 0.495. The van der Waals surface area contributed by atoms with Crippen LogP contribution in [0.25, 0.3) is 0 Å². The number of aliphatic imine (C=N–C) groups is 1. The van der Waals surface area contributed by atoms with Crippen LogP contribution in [0.1, 0.15) is 12.5 Å². The minimum absolute atomic E-state index is 0.207. The zero-order chi connectivity index (χ0) is 17.2. The van der Waals surface area contributed by atoms with Gasteiger partial charge in [-0.3, -0.25) is 0 Å². The molecule has 1 aliphatic heterocycles. The summed E-state index contributed by atoms with van der Waals surface area (Å²) in [6.45, 7) is 7.20. The van der Waals surface area contributed by atoms with Gasteiger partial charge in [0.15, 0.2) is 5.96 Å². The molecule has 0 amide bonds. The minimum Gasteiger partial charge on any atom is -0.383 e. The second-order valence-electron chi connectivity index (χ2n) is 5.50. The topological polar surface area (TPSA) is 58.1 Å². The van der Waals surface area contributed by atoms with Crippen molar-refractivity contribution in [2.45, 2.75) is 13.5 Å². The monoisotopic (exact) mass is 338 g/mol. The Morgan fingerprint density at radius 1 is 1.33 bits per heavy atom. The van der Waals surface area contributed by atoms with Crippen LogP contribution in [-0.4, -0.2) is 59.1 Å². The van der Waals surface area contributed by atoms with E-state index < -0.39 is 0 Å². The number of halogens is 1. The lowest BCUT2D eigenvalue weighted by atomic mass is 10.1. The highest BCUT2D eigenvalue weighted by Gasteiger charge is 2.15. The van der Waals surface area contributed by atoms with Crippen LogP contribution in [0.4, 0.5) is 10.1 Å². The first-order valence-corrected chi connectivity index (χ1v) is 8.36. The molecule has 1 aromatic rings. The fourth-order valence-corrected chi connectivity index (χ4v) is 2.49. The van der Waals surface area contributed by atoms with Crippen LogP contribution in [0.5, 0.6) is 0 Å². The number of hydrogen-bond donors (Lipinski definition) is 2. The Kier molecular flexibility index (Phi) is 7.77. The molecule has 0 atom stereocenters. The third-order valence-electron chi connectivity index (χ3n) is 3.73. The summed E-state index contributed by atoms with van der Waals surface area (Å²) < 4.78 is 24.7. The van der Waals surface area contributed by atoms with Gasteiger partial charge >= 0.3 is 0 Å². The van der Waals surface area contributed by atoms with Gasteiger partial charge in [0.05, 0.1) is 32.1 Å². The van der Waals surface area contributed by atoms with Gasteiger partial charge in [-0.05, 0) is 24.6 Å². The van der Waals surface area contributed by atoms with Crippen LogP contribution < -0.4 is 15.5 Å². The highest BCUT2D eigenvalue weighted by Crippen LogP contribution is 2.21. The van der Waals surface area contributed by atoms with E-state index in [1.54, 1.807) is 13.2 Å². The standard InChI is InChI=1S/C17H27FN4O2/c1-3-19-17(20-6-9-23-2)21-13-14-4-5-16(15(18)12-14)22-7-10-24-11-8-22/h4-5,12H,3,6-11,13H2,1-2H3,(H2,19,20,21). The highest BCUT2D eigenvalue weighted by atomic mass is 19.1. The molecule has 2 N–H and O–H groups in total. The first-order valence-electron chi connectivity index (χ1n) is 8.36. The maximum Gasteiger partial charge on any atom is 0.191 e. The summed E-state index contributed by atoms with van der Waals surface area (Å²) in [5.41, 5.74) is 1.48. The molecule has 1 saturated heterocycles. The number of nitrogens with zero attached hydrogens (tertiary/aromatic N) is 2. The van der Waals surface area contributed by atoms with Gasteiger partial charge in [0.2, 0.25) is 0 Å². The summed E-state index contributed by atoms with van der Waals surface area (Å²) in [4.78, 5) is 6.49. The fourth-order valence-electron chi connectivity index (χ4n) is 2.49. The molecule has 1 heterocycles. The molecule has 0 aromatic heterocycles. The SMILES string of the molecule is CCNC(=NCc1ccc(N2CCOCC2)c(F)c1)NCCOC. The molecule has 0 aliphatic carbocycles. The third-order valence-corrected chi connectivity index (χ3v) is 3.73. The fraction of sp³-hybridized carbons (Fsp3) is 0.588. The van der Waals surface area contributed by atoms with Crippen LogP contribution in [-0.2, 0) is 16.0 Å². The summed E-state index contributed by atoms with van der Waals surface area (Å²) in [6, 6.07) is 5.32. The number of morpholine rings is 1. The molecule has 1 aromatic carbocycles. The average Bonchev–Trinajstić information content (AvgIpc) is 2.60. The second-order valence-corrected chi connectivity index (χ2v) is 5.50. The number of nitrogens with one attached hydrogen (secondary N) is 2. The second kappa shape index (κ2) is 10.1. The van der Waals surface area contributed by atoms with Gasteiger partial charge in [-0.25, -0.2) is 9.38 Å². The summed E-state index contributed by atoms with van der Waals surface area (Å²) in [7, 11) is 1.66. The molecule has 0 spiro atoms. The van der Waals surface area contributed by atoms with Gasteiger partial charge < -0.3 is 25.0 Å². The van der Waals surface area contributed by atoms with Crippen molar-refractivity contribution in [3.63, 3.8) is 0 Å². The van der Waals surface area contributed by atoms with E-state index in [9.17, 15) is 4.39 Å².